The lowest BCUT2D eigenvalue weighted by Gasteiger charge is -2.20. The quantitative estimate of drug-likeness (QED) is 0.812. The summed E-state index contributed by atoms with van der Waals surface area (Å²) in [6, 6.07) is 4.02. The number of amides is 1. The highest BCUT2D eigenvalue weighted by molar-refractivity contribution is 5.77. The highest BCUT2D eigenvalue weighted by atomic mass is 16.3. The average Bonchev–Trinajstić information content (AvgIpc) is 2.86. The number of nitrogens with zero attached hydrogens (tertiary/aromatic N) is 3. The third kappa shape index (κ3) is 2.08. The first-order valence-electron chi connectivity index (χ1n) is 5.66. The van der Waals surface area contributed by atoms with E-state index in [0.717, 1.165) is 18.6 Å². The van der Waals surface area contributed by atoms with Crippen LogP contribution in [0.1, 0.15) is 18.6 Å². The molecule has 0 spiro atoms. The molecule has 3 rings (SSSR count). The van der Waals surface area contributed by atoms with Crippen molar-refractivity contribution in [3.05, 3.63) is 42.9 Å². The molecule has 0 saturated heterocycles. The van der Waals surface area contributed by atoms with Crippen LogP contribution in [-0.2, 0) is 6.54 Å². The summed E-state index contributed by atoms with van der Waals surface area (Å²) in [5.41, 5.74) is 0. The van der Waals surface area contributed by atoms with Gasteiger partial charge in [-0.3, -0.25) is 4.57 Å². The number of imidazole rings is 1. The van der Waals surface area contributed by atoms with E-state index in [0.29, 0.717) is 12.6 Å². The van der Waals surface area contributed by atoms with Crippen molar-refractivity contribution in [3.8, 4) is 0 Å². The van der Waals surface area contributed by atoms with Crippen LogP contribution in [0.3, 0.4) is 0 Å². The third-order valence-corrected chi connectivity index (χ3v) is 2.86. The summed E-state index contributed by atoms with van der Waals surface area (Å²) in [7, 11) is 0. The van der Waals surface area contributed by atoms with Crippen LogP contribution >= 0.6 is 0 Å². The highest BCUT2D eigenvalue weighted by Gasteiger charge is 2.33. The molecule has 0 unspecified atom stereocenters. The molecule has 0 N–H and O–H groups in total. The summed E-state index contributed by atoms with van der Waals surface area (Å²) >= 11 is 0. The van der Waals surface area contributed by atoms with Crippen molar-refractivity contribution < 1.29 is 9.21 Å². The van der Waals surface area contributed by atoms with Gasteiger partial charge in [-0.15, -0.1) is 0 Å². The SMILES string of the molecule is O=C(N(Cc1ccco1)C1CC1)n1ccnc1. The molecular weight excluding hydrogens is 218 g/mol. The Kier molecular flexibility index (Phi) is 2.44. The molecule has 0 aromatic carbocycles. The molecule has 0 aliphatic heterocycles. The molecule has 1 fully saturated rings. The van der Waals surface area contributed by atoms with Crippen molar-refractivity contribution in [1.29, 1.82) is 0 Å². The number of carbonyl (C=O) groups excluding carboxylic acids is 1. The second-order valence-corrected chi connectivity index (χ2v) is 4.19. The largest absolute Gasteiger partial charge is 0.467 e. The van der Waals surface area contributed by atoms with Gasteiger partial charge >= 0.3 is 6.03 Å². The van der Waals surface area contributed by atoms with E-state index in [-0.39, 0.29) is 6.03 Å². The van der Waals surface area contributed by atoms with Gasteiger partial charge in [-0.2, -0.15) is 0 Å². The van der Waals surface area contributed by atoms with E-state index >= 15 is 0 Å². The van der Waals surface area contributed by atoms with Gasteiger partial charge < -0.3 is 9.32 Å². The predicted molar refractivity (Wildman–Crippen MR) is 60.3 cm³/mol. The molecule has 5 nitrogen and oxygen atoms in total. The van der Waals surface area contributed by atoms with Crippen molar-refractivity contribution >= 4 is 6.03 Å². The van der Waals surface area contributed by atoms with Crippen molar-refractivity contribution in [2.75, 3.05) is 0 Å². The van der Waals surface area contributed by atoms with Crippen LogP contribution in [0.2, 0.25) is 0 Å². The van der Waals surface area contributed by atoms with Crippen molar-refractivity contribution in [2.45, 2.75) is 25.4 Å². The lowest BCUT2D eigenvalue weighted by Crippen LogP contribution is -2.35. The Balaban J connectivity index is 1.78. The molecule has 0 bridgehead atoms. The van der Waals surface area contributed by atoms with Gasteiger partial charge in [0.05, 0.1) is 12.8 Å². The summed E-state index contributed by atoms with van der Waals surface area (Å²) in [4.78, 5) is 17.9. The first kappa shape index (κ1) is 10.1. The number of hydrogen-bond acceptors (Lipinski definition) is 3. The van der Waals surface area contributed by atoms with E-state index < -0.39 is 0 Å². The maximum Gasteiger partial charge on any atom is 0.330 e. The molecule has 0 radical (unpaired) electrons. The summed E-state index contributed by atoms with van der Waals surface area (Å²) in [5, 5.41) is 0. The normalized spacial score (nSPS) is 14.8. The maximum absolute atomic E-state index is 12.2. The molecule has 17 heavy (non-hydrogen) atoms. The Labute approximate surface area is 98.7 Å². The van der Waals surface area contributed by atoms with Crippen LogP contribution in [0.5, 0.6) is 0 Å². The Hall–Kier alpha value is -2.04. The molecule has 2 aromatic rings. The minimum absolute atomic E-state index is 0.0404. The second kappa shape index (κ2) is 4.08. The Morgan fingerprint density at radius 2 is 2.47 bits per heavy atom. The second-order valence-electron chi connectivity index (χ2n) is 4.19. The lowest BCUT2D eigenvalue weighted by atomic mass is 10.4. The van der Waals surface area contributed by atoms with Crippen LogP contribution < -0.4 is 0 Å². The molecule has 2 aromatic heterocycles. The van der Waals surface area contributed by atoms with Crippen molar-refractivity contribution in [1.82, 2.24) is 14.5 Å². The fourth-order valence-electron chi connectivity index (χ4n) is 1.83. The van der Waals surface area contributed by atoms with Crippen molar-refractivity contribution in [2.24, 2.45) is 0 Å². The fraction of sp³-hybridized carbons (Fsp3) is 0.333. The van der Waals surface area contributed by atoms with Gasteiger partial charge in [0.15, 0.2) is 0 Å². The maximum atomic E-state index is 12.2. The van der Waals surface area contributed by atoms with Crippen LogP contribution in [0.4, 0.5) is 4.79 Å². The first-order chi connectivity index (χ1) is 8.34. The number of carbonyl (C=O) groups is 1. The molecule has 1 amide bonds. The Morgan fingerprint density at radius 1 is 1.59 bits per heavy atom. The number of hydrogen-bond donors (Lipinski definition) is 0. The molecule has 0 atom stereocenters. The van der Waals surface area contributed by atoms with E-state index in [1.165, 1.54) is 10.9 Å². The summed E-state index contributed by atoms with van der Waals surface area (Å²) < 4.78 is 6.79. The van der Waals surface area contributed by atoms with Crippen LogP contribution in [0.25, 0.3) is 0 Å². The van der Waals surface area contributed by atoms with Gasteiger partial charge in [0.25, 0.3) is 0 Å². The lowest BCUT2D eigenvalue weighted by molar-refractivity contribution is 0.188. The van der Waals surface area contributed by atoms with Gasteiger partial charge in [0.1, 0.15) is 12.1 Å². The van der Waals surface area contributed by atoms with E-state index in [4.69, 9.17) is 4.42 Å². The zero-order valence-corrected chi connectivity index (χ0v) is 9.32. The smallest absolute Gasteiger partial charge is 0.330 e. The van der Waals surface area contributed by atoms with E-state index in [1.54, 1.807) is 18.7 Å². The van der Waals surface area contributed by atoms with Gasteiger partial charge in [-0.25, -0.2) is 9.78 Å². The zero-order chi connectivity index (χ0) is 11.7. The van der Waals surface area contributed by atoms with Crippen LogP contribution in [0.15, 0.2) is 41.5 Å². The Morgan fingerprint density at radius 3 is 3.06 bits per heavy atom. The monoisotopic (exact) mass is 231 g/mol. The number of rotatable bonds is 3. The van der Waals surface area contributed by atoms with Gasteiger partial charge in [-0.1, -0.05) is 0 Å². The highest BCUT2D eigenvalue weighted by Crippen LogP contribution is 2.29. The molecule has 88 valence electrons. The van der Waals surface area contributed by atoms with Crippen molar-refractivity contribution in [3.63, 3.8) is 0 Å². The van der Waals surface area contributed by atoms with E-state index in [1.807, 2.05) is 17.0 Å². The molecule has 1 aliphatic carbocycles. The van der Waals surface area contributed by atoms with Gasteiger partial charge in [0, 0.05) is 18.4 Å². The predicted octanol–water partition coefficient (Wildman–Crippen LogP) is 2.11. The summed E-state index contributed by atoms with van der Waals surface area (Å²) in [6.45, 7) is 0.522. The molecular formula is C12H13N3O2. The van der Waals surface area contributed by atoms with E-state index in [9.17, 15) is 4.79 Å². The molecule has 5 heteroatoms. The summed E-state index contributed by atoms with van der Waals surface area (Å²) in [5.74, 6) is 0.811. The van der Waals surface area contributed by atoms with Gasteiger partial charge in [0.2, 0.25) is 0 Å². The van der Waals surface area contributed by atoms with E-state index in [2.05, 4.69) is 4.98 Å². The zero-order valence-electron chi connectivity index (χ0n) is 9.32. The van der Waals surface area contributed by atoms with Crippen LogP contribution in [0, 0.1) is 0 Å². The molecule has 1 aliphatic rings. The Bertz CT molecular complexity index is 486. The molecule has 1 saturated carbocycles. The third-order valence-electron chi connectivity index (χ3n) is 2.86. The number of aromatic nitrogens is 2. The molecule has 2 heterocycles. The minimum Gasteiger partial charge on any atom is -0.467 e. The standard InChI is InChI=1S/C12H13N3O2/c16-12(14-6-5-13-9-14)15(10-3-4-10)8-11-2-1-7-17-11/h1-2,5-7,9-10H,3-4,8H2. The van der Waals surface area contributed by atoms with Crippen LogP contribution in [-0.4, -0.2) is 26.5 Å². The minimum atomic E-state index is -0.0404. The van der Waals surface area contributed by atoms with Gasteiger partial charge in [-0.05, 0) is 25.0 Å². The fourth-order valence-corrected chi connectivity index (χ4v) is 1.83. The summed E-state index contributed by atoms with van der Waals surface area (Å²) in [6.07, 6.45) is 8.57. The number of furan rings is 1. The topological polar surface area (TPSA) is 51.3 Å². The average molecular weight is 231 g/mol. The first-order valence-corrected chi connectivity index (χ1v) is 5.66.